The SMILES string of the molecule is O=C(CN1CCN(c2ncnc3sccc23)CC1)Nc1ncc(Cc2ccccc2Cl)s1. The molecule has 4 aromatic rings. The lowest BCUT2D eigenvalue weighted by Gasteiger charge is -2.35. The van der Waals surface area contributed by atoms with Crippen LogP contribution in [0.2, 0.25) is 5.02 Å². The van der Waals surface area contributed by atoms with E-state index in [-0.39, 0.29) is 5.91 Å². The Kier molecular flexibility index (Phi) is 6.31. The number of carbonyl (C=O) groups excluding carboxylic acids is 1. The molecule has 164 valence electrons. The van der Waals surface area contributed by atoms with E-state index < -0.39 is 0 Å². The summed E-state index contributed by atoms with van der Waals surface area (Å²) in [6, 6.07) is 9.85. The maximum atomic E-state index is 12.6. The second-order valence-corrected chi connectivity index (χ2v) is 9.96. The number of aromatic nitrogens is 3. The summed E-state index contributed by atoms with van der Waals surface area (Å²) in [6.07, 6.45) is 4.13. The largest absolute Gasteiger partial charge is 0.353 e. The molecular weight excluding hydrogens is 464 g/mol. The molecule has 0 unspecified atom stereocenters. The van der Waals surface area contributed by atoms with Gasteiger partial charge in [0.05, 0.1) is 11.9 Å². The second-order valence-electron chi connectivity index (χ2n) is 7.55. The minimum Gasteiger partial charge on any atom is -0.353 e. The highest BCUT2D eigenvalue weighted by Gasteiger charge is 2.22. The van der Waals surface area contributed by atoms with Crippen molar-refractivity contribution in [1.29, 1.82) is 0 Å². The van der Waals surface area contributed by atoms with E-state index in [2.05, 4.69) is 36.1 Å². The molecule has 1 aromatic carbocycles. The Bertz CT molecular complexity index is 1230. The zero-order chi connectivity index (χ0) is 21.9. The van der Waals surface area contributed by atoms with E-state index in [9.17, 15) is 4.79 Å². The molecule has 0 spiro atoms. The normalized spacial score (nSPS) is 14.7. The van der Waals surface area contributed by atoms with Crippen molar-refractivity contribution < 1.29 is 4.79 Å². The Morgan fingerprint density at radius 1 is 1.09 bits per heavy atom. The summed E-state index contributed by atoms with van der Waals surface area (Å²) in [5.74, 6) is 0.938. The van der Waals surface area contributed by atoms with Gasteiger partial charge in [-0.1, -0.05) is 29.8 Å². The standard InChI is InChI=1S/C22H21ClN6OS2/c23-18-4-2-1-3-15(18)11-16-12-24-22(32-16)27-19(30)13-28-6-8-29(9-7-28)20-17-5-10-31-21(17)26-14-25-20/h1-5,10,12,14H,6-9,11,13H2,(H,24,27,30). The molecule has 1 amide bonds. The zero-order valence-corrected chi connectivity index (χ0v) is 19.6. The van der Waals surface area contributed by atoms with Gasteiger partial charge in [0.25, 0.3) is 0 Å². The predicted octanol–water partition coefficient (Wildman–Crippen LogP) is 4.15. The lowest BCUT2D eigenvalue weighted by molar-refractivity contribution is -0.117. The highest BCUT2D eigenvalue weighted by molar-refractivity contribution is 7.16. The summed E-state index contributed by atoms with van der Waals surface area (Å²) >= 11 is 9.35. The van der Waals surface area contributed by atoms with Crippen LogP contribution in [0.1, 0.15) is 10.4 Å². The Morgan fingerprint density at radius 2 is 1.94 bits per heavy atom. The van der Waals surface area contributed by atoms with E-state index in [4.69, 9.17) is 11.6 Å². The van der Waals surface area contributed by atoms with Crippen LogP contribution in [0.5, 0.6) is 0 Å². The third kappa shape index (κ3) is 4.75. The number of hydrogen-bond donors (Lipinski definition) is 1. The number of piperazine rings is 1. The molecule has 0 atom stereocenters. The van der Waals surface area contributed by atoms with Crippen LogP contribution in [0, 0.1) is 0 Å². The highest BCUT2D eigenvalue weighted by Crippen LogP contribution is 2.27. The summed E-state index contributed by atoms with van der Waals surface area (Å²) in [5, 5.41) is 7.44. The molecule has 0 radical (unpaired) electrons. The van der Waals surface area contributed by atoms with Gasteiger partial charge in [-0.05, 0) is 23.1 Å². The first-order valence-electron chi connectivity index (χ1n) is 10.3. The molecule has 0 saturated carbocycles. The molecule has 0 bridgehead atoms. The molecule has 1 fully saturated rings. The molecule has 10 heteroatoms. The predicted molar refractivity (Wildman–Crippen MR) is 131 cm³/mol. The Labute approximate surface area is 198 Å². The van der Waals surface area contributed by atoms with Crippen molar-refractivity contribution in [3.63, 3.8) is 0 Å². The number of nitrogens with one attached hydrogen (secondary N) is 1. The van der Waals surface area contributed by atoms with Crippen LogP contribution in [0.4, 0.5) is 10.9 Å². The molecule has 1 aliphatic rings. The topological polar surface area (TPSA) is 74.2 Å². The number of carbonyl (C=O) groups is 1. The van der Waals surface area contributed by atoms with E-state index in [1.54, 1.807) is 23.9 Å². The number of amides is 1. The number of thiazole rings is 1. The lowest BCUT2D eigenvalue weighted by atomic mass is 10.1. The quantitative estimate of drug-likeness (QED) is 0.443. The number of anilines is 2. The van der Waals surface area contributed by atoms with Gasteiger partial charge in [-0.3, -0.25) is 9.69 Å². The monoisotopic (exact) mass is 484 g/mol. The highest BCUT2D eigenvalue weighted by atomic mass is 35.5. The van der Waals surface area contributed by atoms with Crippen LogP contribution in [0.25, 0.3) is 10.2 Å². The van der Waals surface area contributed by atoms with Gasteiger partial charge in [0, 0.05) is 48.7 Å². The van der Waals surface area contributed by atoms with Gasteiger partial charge in [0.15, 0.2) is 5.13 Å². The number of halogens is 1. The van der Waals surface area contributed by atoms with Crippen LogP contribution < -0.4 is 10.2 Å². The molecule has 1 N–H and O–H groups in total. The molecule has 4 heterocycles. The van der Waals surface area contributed by atoms with Crippen molar-refractivity contribution >= 4 is 61.3 Å². The van der Waals surface area contributed by atoms with Gasteiger partial charge >= 0.3 is 0 Å². The van der Waals surface area contributed by atoms with Gasteiger partial charge in [-0.15, -0.1) is 22.7 Å². The van der Waals surface area contributed by atoms with Crippen molar-refractivity contribution in [1.82, 2.24) is 19.9 Å². The molecule has 32 heavy (non-hydrogen) atoms. The van der Waals surface area contributed by atoms with Crippen molar-refractivity contribution in [3.05, 3.63) is 63.7 Å². The van der Waals surface area contributed by atoms with E-state index >= 15 is 0 Å². The van der Waals surface area contributed by atoms with Gasteiger partial charge < -0.3 is 10.2 Å². The average Bonchev–Trinajstić information content (AvgIpc) is 3.45. The van der Waals surface area contributed by atoms with Crippen LogP contribution >= 0.6 is 34.3 Å². The maximum absolute atomic E-state index is 12.6. The van der Waals surface area contributed by atoms with Crippen LogP contribution in [-0.2, 0) is 11.2 Å². The fourth-order valence-electron chi connectivity index (χ4n) is 3.79. The van der Waals surface area contributed by atoms with Crippen LogP contribution in [0.15, 0.2) is 48.2 Å². The van der Waals surface area contributed by atoms with Gasteiger partial charge in [0.2, 0.25) is 5.91 Å². The molecule has 7 nitrogen and oxygen atoms in total. The maximum Gasteiger partial charge on any atom is 0.240 e. The van der Waals surface area contributed by atoms with Gasteiger partial charge in [-0.25, -0.2) is 15.0 Å². The number of thiophene rings is 1. The smallest absolute Gasteiger partial charge is 0.240 e. The molecule has 3 aromatic heterocycles. The first-order valence-corrected chi connectivity index (χ1v) is 12.4. The van der Waals surface area contributed by atoms with Gasteiger partial charge in [-0.2, -0.15) is 0 Å². The van der Waals surface area contributed by atoms with Crippen molar-refractivity contribution in [3.8, 4) is 0 Å². The minimum atomic E-state index is -0.0423. The Balaban J connectivity index is 1.13. The summed E-state index contributed by atoms with van der Waals surface area (Å²) in [4.78, 5) is 32.2. The van der Waals surface area contributed by atoms with E-state index in [0.717, 1.165) is 57.7 Å². The third-order valence-electron chi connectivity index (χ3n) is 5.40. The van der Waals surface area contributed by atoms with E-state index in [1.807, 2.05) is 29.6 Å². The van der Waals surface area contributed by atoms with E-state index in [0.29, 0.717) is 18.1 Å². The summed E-state index contributed by atoms with van der Waals surface area (Å²) in [5.41, 5.74) is 1.05. The van der Waals surface area contributed by atoms with Crippen LogP contribution in [0.3, 0.4) is 0 Å². The summed E-state index contributed by atoms with van der Waals surface area (Å²) < 4.78 is 0. The Morgan fingerprint density at radius 3 is 2.78 bits per heavy atom. The number of rotatable bonds is 6. The van der Waals surface area contributed by atoms with Crippen molar-refractivity contribution in [2.24, 2.45) is 0 Å². The minimum absolute atomic E-state index is 0.0423. The summed E-state index contributed by atoms with van der Waals surface area (Å²) in [6.45, 7) is 3.62. The fourth-order valence-corrected chi connectivity index (χ4v) is 5.57. The molecule has 5 rings (SSSR count). The first-order chi connectivity index (χ1) is 15.7. The fraction of sp³-hybridized carbons (Fsp3) is 0.273. The zero-order valence-electron chi connectivity index (χ0n) is 17.2. The van der Waals surface area contributed by atoms with Crippen molar-refractivity contribution in [2.75, 3.05) is 42.9 Å². The van der Waals surface area contributed by atoms with Crippen molar-refractivity contribution in [2.45, 2.75) is 6.42 Å². The second kappa shape index (κ2) is 9.50. The number of benzene rings is 1. The molecule has 0 aliphatic carbocycles. The van der Waals surface area contributed by atoms with Gasteiger partial charge in [0.1, 0.15) is 17.0 Å². The lowest BCUT2D eigenvalue weighted by Crippen LogP contribution is -2.49. The number of fused-ring (bicyclic) bond motifs is 1. The molecular formula is C22H21ClN6OS2. The van der Waals surface area contributed by atoms with Crippen LogP contribution in [-0.4, -0.2) is 58.5 Å². The third-order valence-corrected chi connectivity index (χ3v) is 7.50. The Hall–Kier alpha value is -2.59. The first kappa shape index (κ1) is 21.3. The molecule has 1 aliphatic heterocycles. The average molecular weight is 485 g/mol. The van der Waals surface area contributed by atoms with E-state index in [1.165, 1.54) is 11.3 Å². The summed E-state index contributed by atoms with van der Waals surface area (Å²) in [7, 11) is 0. The number of nitrogens with zero attached hydrogens (tertiary/aromatic N) is 5. The number of hydrogen-bond acceptors (Lipinski definition) is 8. The molecule has 1 saturated heterocycles.